The average Bonchev–Trinajstić information content (AvgIpc) is 3.26. The molecule has 3 aromatic rings. The quantitative estimate of drug-likeness (QED) is 0.218. The van der Waals surface area contributed by atoms with Crippen LogP contribution in [0, 0.1) is 5.41 Å². The lowest BCUT2D eigenvalue weighted by Crippen LogP contribution is -2.19. The van der Waals surface area contributed by atoms with Gasteiger partial charge in [-0.3, -0.25) is 0 Å². The number of hydrogen-bond acceptors (Lipinski definition) is 8. The van der Waals surface area contributed by atoms with Gasteiger partial charge in [-0.1, -0.05) is 72.7 Å². The number of benzene rings is 2. The van der Waals surface area contributed by atoms with Crippen molar-refractivity contribution in [3.8, 4) is 0 Å². The van der Waals surface area contributed by atoms with Gasteiger partial charge in [-0.25, -0.2) is 9.78 Å². The zero-order valence-electron chi connectivity index (χ0n) is 19.8. The van der Waals surface area contributed by atoms with Crippen LogP contribution in [0.1, 0.15) is 37.1 Å². The number of carbonyl (C=O) groups is 2. The number of rotatable bonds is 8. The first kappa shape index (κ1) is 25.1. The highest BCUT2D eigenvalue weighted by Crippen LogP contribution is 2.66. The van der Waals surface area contributed by atoms with Crippen LogP contribution in [0.4, 0.5) is 5.13 Å². The van der Waals surface area contributed by atoms with Gasteiger partial charge in [-0.15, -0.1) is 11.3 Å². The minimum atomic E-state index is -0.544. The van der Waals surface area contributed by atoms with E-state index in [1.54, 1.807) is 19.4 Å². The highest BCUT2D eigenvalue weighted by atomic mass is 32.1. The molecule has 34 heavy (non-hydrogen) atoms. The summed E-state index contributed by atoms with van der Waals surface area (Å²) in [6.07, 6.45) is 2.02. The second-order valence-corrected chi connectivity index (χ2v) is 8.84. The van der Waals surface area contributed by atoms with Gasteiger partial charge in [0.2, 0.25) is 5.71 Å². The van der Waals surface area contributed by atoms with Gasteiger partial charge in [-0.2, -0.15) is 0 Å². The molecule has 8 heteroatoms. The largest absolute Gasteiger partial charge is 0.461 e. The van der Waals surface area contributed by atoms with Gasteiger partial charge in [0.1, 0.15) is 19.1 Å². The van der Waals surface area contributed by atoms with Crippen molar-refractivity contribution < 1.29 is 19.2 Å². The van der Waals surface area contributed by atoms with E-state index in [-0.39, 0.29) is 23.1 Å². The summed E-state index contributed by atoms with van der Waals surface area (Å²) in [5.41, 5.74) is 2.60. The molecular formula is C26H29N3O4S. The molecule has 0 spiro atoms. The maximum atomic E-state index is 11.5. The smallest absolute Gasteiger partial charge is 0.362 e. The molecule has 4 rings (SSSR count). The number of oxime groups is 1. The number of thiazole rings is 1. The predicted molar refractivity (Wildman–Crippen MR) is 134 cm³/mol. The fourth-order valence-corrected chi connectivity index (χ4v) is 4.76. The lowest BCUT2D eigenvalue weighted by atomic mass is 9.81. The summed E-state index contributed by atoms with van der Waals surface area (Å²) in [6.45, 7) is 4.06. The molecule has 1 unspecified atom stereocenters. The SMILES string of the molecule is CC1(C=O)CC1(c1ccccc1)c1ccccc1.CCOC(=O)/C(=N/OC)c1csc(NC)n1. The first-order valence-electron chi connectivity index (χ1n) is 10.9. The molecule has 1 aromatic heterocycles. The molecule has 2 aromatic carbocycles. The number of ether oxygens (including phenoxy) is 1. The third-order valence-corrected chi connectivity index (χ3v) is 6.75. The van der Waals surface area contributed by atoms with E-state index in [9.17, 15) is 9.59 Å². The minimum absolute atomic E-state index is 0.0714. The van der Waals surface area contributed by atoms with Crippen LogP contribution in [0.5, 0.6) is 0 Å². The first-order valence-corrected chi connectivity index (χ1v) is 11.8. The number of aromatic nitrogens is 1. The number of hydrogen-bond donors (Lipinski definition) is 1. The van der Waals surface area contributed by atoms with Crippen LogP contribution >= 0.6 is 11.3 Å². The minimum Gasteiger partial charge on any atom is -0.461 e. The van der Waals surface area contributed by atoms with Gasteiger partial charge >= 0.3 is 5.97 Å². The maximum Gasteiger partial charge on any atom is 0.362 e. The van der Waals surface area contributed by atoms with Crippen LogP contribution in [0.25, 0.3) is 0 Å². The van der Waals surface area contributed by atoms with Crippen LogP contribution in [0.3, 0.4) is 0 Å². The summed E-state index contributed by atoms with van der Waals surface area (Å²) in [7, 11) is 3.12. The van der Waals surface area contributed by atoms with E-state index >= 15 is 0 Å². The topological polar surface area (TPSA) is 89.9 Å². The van der Waals surface area contributed by atoms with Gasteiger partial charge in [0, 0.05) is 23.3 Å². The molecule has 0 aliphatic heterocycles. The molecule has 1 aliphatic carbocycles. The highest BCUT2D eigenvalue weighted by molar-refractivity contribution is 7.14. The van der Waals surface area contributed by atoms with Crippen LogP contribution < -0.4 is 5.32 Å². The summed E-state index contributed by atoms with van der Waals surface area (Å²) >= 11 is 1.37. The average molecular weight is 480 g/mol. The molecule has 1 N–H and O–H groups in total. The summed E-state index contributed by atoms with van der Waals surface area (Å²) in [5, 5.41) is 8.90. The number of carbonyl (C=O) groups excluding carboxylic acids is 2. The van der Waals surface area contributed by atoms with Crippen LogP contribution in [-0.4, -0.2) is 43.7 Å². The molecule has 0 saturated heterocycles. The predicted octanol–water partition coefficient (Wildman–Crippen LogP) is 4.68. The second-order valence-electron chi connectivity index (χ2n) is 7.98. The maximum absolute atomic E-state index is 11.5. The van der Waals surface area contributed by atoms with Gasteiger partial charge < -0.3 is 19.7 Å². The van der Waals surface area contributed by atoms with Crippen molar-refractivity contribution in [3.05, 3.63) is 82.9 Å². The third kappa shape index (κ3) is 5.02. The van der Waals surface area contributed by atoms with Crippen molar-refractivity contribution in [2.24, 2.45) is 10.6 Å². The fraction of sp³-hybridized carbons (Fsp3) is 0.308. The number of anilines is 1. The summed E-state index contributed by atoms with van der Waals surface area (Å²) < 4.78 is 4.85. The zero-order valence-corrected chi connectivity index (χ0v) is 20.6. The number of nitrogens with zero attached hydrogens (tertiary/aromatic N) is 2. The van der Waals surface area contributed by atoms with Crippen LogP contribution in [0.15, 0.2) is 71.2 Å². The lowest BCUT2D eigenvalue weighted by Gasteiger charge is -2.21. The van der Waals surface area contributed by atoms with E-state index in [1.807, 2.05) is 36.4 Å². The van der Waals surface area contributed by atoms with E-state index in [1.165, 1.54) is 29.6 Å². The number of esters is 1. The van der Waals surface area contributed by atoms with Gasteiger partial charge in [-0.05, 0) is 24.5 Å². The Morgan fingerprint density at radius 2 is 1.74 bits per heavy atom. The monoisotopic (exact) mass is 479 g/mol. The molecule has 0 amide bonds. The molecular weight excluding hydrogens is 450 g/mol. The van der Waals surface area contributed by atoms with E-state index in [2.05, 4.69) is 51.5 Å². The Morgan fingerprint density at radius 1 is 1.15 bits per heavy atom. The molecule has 7 nitrogen and oxygen atoms in total. The van der Waals surface area contributed by atoms with Gasteiger partial charge in [0.15, 0.2) is 5.13 Å². The summed E-state index contributed by atoms with van der Waals surface area (Å²) in [4.78, 5) is 31.7. The van der Waals surface area contributed by atoms with E-state index < -0.39 is 5.97 Å². The Kier molecular flexibility index (Phi) is 8.17. The lowest BCUT2D eigenvalue weighted by molar-refractivity contribution is -0.135. The van der Waals surface area contributed by atoms with E-state index in [0.717, 1.165) is 12.7 Å². The summed E-state index contributed by atoms with van der Waals surface area (Å²) in [5.74, 6) is -0.544. The Balaban J connectivity index is 0.000000192. The molecule has 0 radical (unpaired) electrons. The molecule has 1 fully saturated rings. The molecule has 0 bridgehead atoms. The first-order chi connectivity index (χ1) is 16.5. The summed E-state index contributed by atoms with van der Waals surface area (Å²) in [6, 6.07) is 20.7. The molecule has 178 valence electrons. The van der Waals surface area contributed by atoms with E-state index in [4.69, 9.17) is 4.74 Å². The number of aldehydes is 1. The third-order valence-electron chi connectivity index (χ3n) is 5.89. The van der Waals surface area contributed by atoms with Crippen molar-refractivity contribution >= 4 is 34.4 Å². The Morgan fingerprint density at radius 3 is 2.15 bits per heavy atom. The molecule has 1 heterocycles. The highest BCUT2D eigenvalue weighted by Gasteiger charge is 2.66. The number of nitrogens with one attached hydrogen (secondary N) is 1. The van der Waals surface area contributed by atoms with Crippen molar-refractivity contribution in [1.82, 2.24) is 4.98 Å². The second kappa shape index (κ2) is 11.1. The zero-order chi connectivity index (χ0) is 24.6. The Bertz CT molecular complexity index is 1090. The van der Waals surface area contributed by atoms with E-state index in [0.29, 0.717) is 10.8 Å². The molecule has 1 saturated carbocycles. The van der Waals surface area contributed by atoms with Crippen molar-refractivity contribution in [2.45, 2.75) is 25.7 Å². The Labute approximate surface area is 203 Å². The van der Waals surface area contributed by atoms with Crippen molar-refractivity contribution in [2.75, 3.05) is 26.1 Å². The fourth-order valence-electron chi connectivity index (χ4n) is 4.10. The normalized spacial score (nSPS) is 18.2. The Hall–Kier alpha value is -3.52. The van der Waals surface area contributed by atoms with Crippen LogP contribution in [0.2, 0.25) is 0 Å². The molecule has 1 atom stereocenters. The van der Waals surface area contributed by atoms with Gasteiger partial charge in [0.05, 0.1) is 6.61 Å². The van der Waals surface area contributed by atoms with Crippen molar-refractivity contribution in [3.63, 3.8) is 0 Å². The standard InChI is InChI=1S/C17H16O.C9H13N3O3S/c1-16(13-18)12-17(16,14-8-4-2-5-9-14)15-10-6-3-7-11-15;1-4-15-8(13)7(12-14-3)6-5-16-9(10-2)11-6/h2-11,13H,12H2,1H3;5H,4H2,1-3H3,(H,10,11)/b;12-7+. The van der Waals surface area contributed by atoms with Crippen LogP contribution in [-0.2, 0) is 24.6 Å². The van der Waals surface area contributed by atoms with Crippen molar-refractivity contribution in [1.29, 1.82) is 0 Å². The molecule has 1 aliphatic rings. The van der Waals surface area contributed by atoms with Gasteiger partial charge in [0.25, 0.3) is 0 Å².